The predicted octanol–water partition coefficient (Wildman–Crippen LogP) is 4.32. The number of thiazole rings is 1. The molecule has 0 saturated heterocycles. The molecule has 0 amide bonds. The van der Waals surface area contributed by atoms with Gasteiger partial charge >= 0.3 is 5.97 Å². The Morgan fingerprint density at radius 1 is 1.27 bits per heavy atom. The van der Waals surface area contributed by atoms with Crippen LogP contribution < -0.4 is 0 Å². The van der Waals surface area contributed by atoms with Gasteiger partial charge in [0.25, 0.3) is 0 Å². The Morgan fingerprint density at radius 2 is 2.09 bits per heavy atom. The van der Waals surface area contributed by atoms with Crippen LogP contribution in [0.15, 0.2) is 52.5 Å². The molecule has 5 heteroatoms. The Hall–Kier alpha value is -2.40. The number of benzene rings is 1. The Kier molecular flexibility index (Phi) is 4.34. The van der Waals surface area contributed by atoms with Crippen LogP contribution in [0.4, 0.5) is 0 Å². The number of rotatable bonds is 5. The Balaban J connectivity index is 1.72. The Morgan fingerprint density at radius 3 is 2.82 bits per heavy atom. The van der Waals surface area contributed by atoms with Crippen LogP contribution >= 0.6 is 11.3 Å². The average Bonchev–Trinajstić information content (AvgIpc) is 3.22. The van der Waals surface area contributed by atoms with Gasteiger partial charge in [-0.25, -0.2) is 9.78 Å². The fourth-order valence-electron chi connectivity index (χ4n) is 2.10. The zero-order valence-corrected chi connectivity index (χ0v) is 12.9. The molecule has 0 bridgehead atoms. The summed E-state index contributed by atoms with van der Waals surface area (Å²) in [5.41, 5.74) is 2.42. The van der Waals surface area contributed by atoms with Gasteiger partial charge in [-0.2, -0.15) is 0 Å². The second-order valence-corrected chi connectivity index (χ2v) is 5.63. The highest BCUT2D eigenvalue weighted by molar-refractivity contribution is 7.09. The number of nitrogens with zero attached hydrogens (tertiary/aromatic N) is 1. The number of aryl methyl sites for hydroxylation is 1. The van der Waals surface area contributed by atoms with E-state index in [4.69, 9.17) is 9.15 Å². The number of esters is 1. The van der Waals surface area contributed by atoms with Crippen molar-refractivity contribution in [2.75, 3.05) is 0 Å². The van der Waals surface area contributed by atoms with Crippen molar-refractivity contribution in [3.63, 3.8) is 0 Å². The van der Waals surface area contributed by atoms with E-state index in [-0.39, 0.29) is 12.4 Å². The van der Waals surface area contributed by atoms with E-state index in [1.54, 1.807) is 17.4 Å². The van der Waals surface area contributed by atoms with E-state index in [2.05, 4.69) is 4.98 Å². The number of hydrogen-bond donors (Lipinski definition) is 0. The van der Waals surface area contributed by atoms with Gasteiger partial charge < -0.3 is 9.15 Å². The van der Waals surface area contributed by atoms with Crippen molar-refractivity contribution < 1.29 is 13.9 Å². The molecule has 1 aromatic carbocycles. The second-order valence-electron chi connectivity index (χ2n) is 4.69. The highest BCUT2D eigenvalue weighted by atomic mass is 32.1. The maximum atomic E-state index is 12.2. The smallest absolute Gasteiger partial charge is 0.375 e. The number of carbonyl (C=O) groups is 1. The second kappa shape index (κ2) is 6.58. The van der Waals surface area contributed by atoms with Crippen LogP contribution in [0.1, 0.15) is 28.2 Å². The lowest BCUT2D eigenvalue weighted by molar-refractivity contribution is 0.0433. The summed E-state index contributed by atoms with van der Waals surface area (Å²) < 4.78 is 10.6. The van der Waals surface area contributed by atoms with Crippen LogP contribution in [-0.4, -0.2) is 11.0 Å². The normalized spacial score (nSPS) is 10.6. The lowest BCUT2D eigenvalue weighted by Gasteiger charge is -2.03. The molecule has 0 fully saturated rings. The number of ether oxygens (including phenoxy) is 1. The summed E-state index contributed by atoms with van der Waals surface area (Å²) in [6.45, 7) is 2.20. The topological polar surface area (TPSA) is 52.3 Å². The summed E-state index contributed by atoms with van der Waals surface area (Å²) in [4.78, 5) is 16.6. The first-order chi connectivity index (χ1) is 10.8. The molecule has 0 unspecified atom stereocenters. The first-order valence-electron chi connectivity index (χ1n) is 7.01. The molecule has 0 N–H and O–H groups in total. The Labute approximate surface area is 132 Å². The van der Waals surface area contributed by atoms with Gasteiger partial charge in [-0.1, -0.05) is 37.3 Å². The van der Waals surface area contributed by atoms with Crippen LogP contribution in [0.25, 0.3) is 11.1 Å². The zero-order valence-electron chi connectivity index (χ0n) is 12.1. The minimum Gasteiger partial charge on any atom is -0.457 e. The van der Waals surface area contributed by atoms with Gasteiger partial charge in [-0.15, -0.1) is 11.3 Å². The van der Waals surface area contributed by atoms with Crippen LogP contribution in [-0.2, 0) is 17.8 Å². The molecule has 0 aliphatic carbocycles. The van der Waals surface area contributed by atoms with E-state index in [0.717, 1.165) is 28.2 Å². The van der Waals surface area contributed by atoms with E-state index in [0.29, 0.717) is 0 Å². The van der Waals surface area contributed by atoms with Crippen molar-refractivity contribution in [2.45, 2.75) is 20.0 Å². The van der Waals surface area contributed by atoms with Gasteiger partial charge in [0.1, 0.15) is 6.61 Å². The maximum Gasteiger partial charge on any atom is 0.375 e. The van der Waals surface area contributed by atoms with Gasteiger partial charge in [-0.3, -0.25) is 0 Å². The molecule has 0 atom stereocenters. The number of aromatic nitrogens is 1. The molecule has 22 heavy (non-hydrogen) atoms. The van der Waals surface area contributed by atoms with Gasteiger partial charge in [0, 0.05) is 10.9 Å². The fourth-order valence-corrected chi connectivity index (χ4v) is 2.82. The van der Waals surface area contributed by atoms with Crippen LogP contribution in [0, 0.1) is 0 Å². The van der Waals surface area contributed by atoms with Gasteiger partial charge in [-0.05, 0) is 18.1 Å². The van der Waals surface area contributed by atoms with E-state index in [9.17, 15) is 4.79 Å². The van der Waals surface area contributed by atoms with Gasteiger partial charge in [0.2, 0.25) is 5.76 Å². The standard InChI is InChI=1S/C17H15NO3S/c1-2-15-18-13(11-22-15)10-21-17(19)16-14(8-9-20-16)12-6-4-3-5-7-12/h3-9,11H,2,10H2,1H3. The average molecular weight is 313 g/mol. The summed E-state index contributed by atoms with van der Waals surface area (Å²) in [5.74, 6) is -0.257. The maximum absolute atomic E-state index is 12.2. The van der Waals surface area contributed by atoms with E-state index >= 15 is 0 Å². The van der Waals surface area contributed by atoms with Gasteiger partial charge in [0.05, 0.1) is 17.0 Å². The SMILES string of the molecule is CCc1nc(COC(=O)c2occc2-c2ccccc2)cs1. The fraction of sp³-hybridized carbons (Fsp3) is 0.176. The van der Waals surface area contributed by atoms with Crippen molar-refractivity contribution >= 4 is 17.3 Å². The highest BCUT2D eigenvalue weighted by Gasteiger charge is 2.18. The molecular formula is C17H15NO3S. The van der Waals surface area contributed by atoms with E-state index < -0.39 is 5.97 Å². The van der Waals surface area contributed by atoms with Gasteiger partial charge in [0.15, 0.2) is 0 Å². The third-order valence-electron chi connectivity index (χ3n) is 3.19. The first kappa shape index (κ1) is 14.5. The molecule has 0 saturated carbocycles. The predicted molar refractivity (Wildman–Crippen MR) is 84.8 cm³/mol. The van der Waals surface area contributed by atoms with Crippen molar-refractivity contribution in [3.8, 4) is 11.1 Å². The molecule has 3 rings (SSSR count). The molecule has 0 radical (unpaired) electrons. The summed E-state index contributed by atoms with van der Waals surface area (Å²) in [6.07, 6.45) is 2.38. The molecule has 0 aliphatic rings. The minimum absolute atomic E-state index is 0.157. The van der Waals surface area contributed by atoms with Crippen molar-refractivity contribution in [1.82, 2.24) is 4.98 Å². The molecule has 0 spiro atoms. The number of furan rings is 1. The summed E-state index contributed by atoms with van der Waals surface area (Å²) in [6, 6.07) is 11.4. The monoisotopic (exact) mass is 313 g/mol. The van der Waals surface area contributed by atoms with E-state index in [1.807, 2.05) is 42.6 Å². The molecule has 2 heterocycles. The first-order valence-corrected chi connectivity index (χ1v) is 7.89. The summed E-state index contributed by atoms with van der Waals surface area (Å²) >= 11 is 1.57. The lowest BCUT2D eigenvalue weighted by Crippen LogP contribution is -2.05. The molecule has 4 nitrogen and oxygen atoms in total. The quantitative estimate of drug-likeness (QED) is 0.658. The van der Waals surface area contributed by atoms with Crippen molar-refractivity contribution in [3.05, 3.63) is 64.5 Å². The van der Waals surface area contributed by atoms with Crippen LogP contribution in [0.2, 0.25) is 0 Å². The molecule has 112 valence electrons. The summed E-state index contributed by atoms with van der Waals surface area (Å²) in [7, 11) is 0. The largest absolute Gasteiger partial charge is 0.457 e. The molecule has 3 aromatic rings. The minimum atomic E-state index is -0.477. The third-order valence-corrected chi connectivity index (χ3v) is 4.23. The van der Waals surface area contributed by atoms with E-state index in [1.165, 1.54) is 6.26 Å². The van der Waals surface area contributed by atoms with Crippen molar-refractivity contribution in [1.29, 1.82) is 0 Å². The Bertz CT molecular complexity index is 761. The van der Waals surface area contributed by atoms with Crippen molar-refractivity contribution in [2.24, 2.45) is 0 Å². The highest BCUT2D eigenvalue weighted by Crippen LogP contribution is 2.25. The number of carbonyl (C=O) groups excluding carboxylic acids is 1. The molecule has 0 aliphatic heterocycles. The molecular weight excluding hydrogens is 298 g/mol. The lowest BCUT2D eigenvalue weighted by atomic mass is 10.1. The van der Waals surface area contributed by atoms with Crippen LogP contribution in [0.5, 0.6) is 0 Å². The summed E-state index contributed by atoms with van der Waals surface area (Å²) in [5, 5.41) is 2.95. The third kappa shape index (κ3) is 3.09. The zero-order chi connectivity index (χ0) is 15.4. The molecule has 2 aromatic heterocycles. The van der Waals surface area contributed by atoms with Crippen LogP contribution in [0.3, 0.4) is 0 Å². The number of hydrogen-bond acceptors (Lipinski definition) is 5.